The number of nitrogens with one attached hydrogen (secondary N) is 2. The van der Waals surface area contributed by atoms with Crippen LogP contribution in [0.25, 0.3) is 0 Å². The van der Waals surface area contributed by atoms with Gasteiger partial charge in [0.25, 0.3) is 0 Å². The van der Waals surface area contributed by atoms with Crippen molar-refractivity contribution in [2.24, 2.45) is 5.10 Å². The molecule has 0 aromatic heterocycles. The number of amides is 2. The zero-order valence-electron chi connectivity index (χ0n) is 12.8. The molecule has 2 N–H and O–H groups in total. The van der Waals surface area contributed by atoms with Gasteiger partial charge in [-0.3, -0.25) is 9.59 Å². The number of carbonyl (C=O) groups excluding carboxylic acids is 2. The first-order valence-electron chi connectivity index (χ1n) is 6.93. The minimum absolute atomic E-state index is 0.562. The van der Waals surface area contributed by atoms with Gasteiger partial charge in [0, 0.05) is 10.7 Å². The highest BCUT2D eigenvalue weighted by atomic mass is 35.5. The highest BCUT2D eigenvalue weighted by Gasteiger charge is 2.12. The molecule has 0 saturated heterocycles. The van der Waals surface area contributed by atoms with Gasteiger partial charge in [0.05, 0.1) is 6.21 Å². The summed E-state index contributed by atoms with van der Waals surface area (Å²) in [6, 6.07) is 12.4. The van der Waals surface area contributed by atoms with Crippen LogP contribution in [-0.2, 0) is 9.59 Å². The number of anilines is 1. The van der Waals surface area contributed by atoms with Gasteiger partial charge < -0.3 is 5.32 Å². The third kappa shape index (κ3) is 4.93. The summed E-state index contributed by atoms with van der Waals surface area (Å²) in [5.74, 6) is -1.63. The number of aryl methyl sites for hydroxylation is 2. The SMILES string of the molecule is Cc1ccc(NC(=O)C(=O)N/N=C/c2cccc(Cl)c2)cc1C. The van der Waals surface area contributed by atoms with Gasteiger partial charge in [-0.1, -0.05) is 29.8 Å². The molecule has 0 aliphatic heterocycles. The summed E-state index contributed by atoms with van der Waals surface area (Å²) in [5, 5.41) is 6.82. The van der Waals surface area contributed by atoms with Crippen molar-refractivity contribution < 1.29 is 9.59 Å². The van der Waals surface area contributed by atoms with E-state index in [0.29, 0.717) is 16.3 Å². The van der Waals surface area contributed by atoms with Gasteiger partial charge in [-0.15, -0.1) is 0 Å². The molecule has 0 bridgehead atoms. The molecule has 0 unspecified atom stereocenters. The summed E-state index contributed by atoms with van der Waals surface area (Å²) in [7, 11) is 0. The lowest BCUT2D eigenvalue weighted by Gasteiger charge is -2.06. The summed E-state index contributed by atoms with van der Waals surface area (Å²) in [6.07, 6.45) is 1.41. The zero-order chi connectivity index (χ0) is 16.8. The maximum Gasteiger partial charge on any atom is 0.329 e. The molecule has 0 atom stereocenters. The second-order valence-electron chi connectivity index (χ2n) is 5.01. The third-order valence-electron chi connectivity index (χ3n) is 3.20. The lowest BCUT2D eigenvalue weighted by molar-refractivity contribution is -0.136. The van der Waals surface area contributed by atoms with Crippen LogP contribution < -0.4 is 10.7 Å². The lowest BCUT2D eigenvalue weighted by Crippen LogP contribution is -2.32. The van der Waals surface area contributed by atoms with Crippen LogP contribution in [0.2, 0.25) is 5.02 Å². The zero-order valence-corrected chi connectivity index (χ0v) is 13.5. The quantitative estimate of drug-likeness (QED) is 0.516. The van der Waals surface area contributed by atoms with Gasteiger partial charge in [0.15, 0.2) is 0 Å². The molecule has 0 spiro atoms. The first-order valence-corrected chi connectivity index (χ1v) is 7.31. The Morgan fingerprint density at radius 2 is 1.83 bits per heavy atom. The van der Waals surface area contributed by atoms with E-state index in [0.717, 1.165) is 11.1 Å². The monoisotopic (exact) mass is 329 g/mol. The summed E-state index contributed by atoms with van der Waals surface area (Å²) in [6.45, 7) is 3.90. The molecule has 2 aromatic carbocycles. The largest absolute Gasteiger partial charge is 0.329 e. The van der Waals surface area contributed by atoms with Gasteiger partial charge >= 0.3 is 11.8 Å². The molecule has 0 saturated carbocycles. The van der Waals surface area contributed by atoms with E-state index in [-0.39, 0.29) is 0 Å². The van der Waals surface area contributed by atoms with Crippen molar-refractivity contribution in [2.45, 2.75) is 13.8 Å². The molecule has 2 rings (SSSR count). The van der Waals surface area contributed by atoms with Crippen molar-refractivity contribution >= 4 is 35.3 Å². The molecule has 118 valence electrons. The molecule has 0 heterocycles. The van der Waals surface area contributed by atoms with Gasteiger partial charge in [0.2, 0.25) is 0 Å². The van der Waals surface area contributed by atoms with E-state index in [1.54, 1.807) is 36.4 Å². The average molecular weight is 330 g/mol. The molecule has 2 aromatic rings. The van der Waals surface area contributed by atoms with Crippen molar-refractivity contribution in [2.75, 3.05) is 5.32 Å². The fourth-order valence-electron chi connectivity index (χ4n) is 1.81. The number of rotatable bonds is 3. The summed E-state index contributed by atoms with van der Waals surface area (Å²) < 4.78 is 0. The van der Waals surface area contributed by atoms with Crippen LogP contribution in [0.3, 0.4) is 0 Å². The van der Waals surface area contributed by atoms with E-state index in [1.165, 1.54) is 6.21 Å². The maximum atomic E-state index is 11.8. The standard InChI is InChI=1S/C17H16ClN3O2/c1-11-6-7-15(8-12(11)2)20-16(22)17(23)21-19-10-13-4-3-5-14(18)9-13/h3-10H,1-2H3,(H,20,22)(H,21,23)/b19-10+. The van der Waals surface area contributed by atoms with E-state index < -0.39 is 11.8 Å². The average Bonchev–Trinajstić information content (AvgIpc) is 2.51. The van der Waals surface area contributed by atoms with Gasteiger partial charge in [-0.2, -0.15) is 5.10 Å². The topological polar surface area (TPSA) is 70.6 Å². The second kappa shape index (κ2) is 7.56. The predicted octanol–water partition coefficient (Wildman–Crippen LogP) is 3.05. The molecule has 0 aliphatic rings. The number of hydrogen-bond acceptors (Lipinski definition) is 3. The summed E-state index contributed by atoms with van der Waals surface area (Å²) >= 11 is 5.84. The van der Waals surface area contributed by atoms with Crippen molar-refractivity contribution in [3.05, 3.63) is 64.2 Å². The molecule has 23 heavy (non-hydrogen) atoms. The fourth-order valence-corrected chi connectivity index (χ4v) is 2.01. The molecule has 0 fully saturated rings. The van der Waals surface area contributed by atoms with Crippen LogP contribution in [0.1, 0.15) is 16.7 Å². The Labute approximate surface area is 139 Å². The number of benzene rings is 2. The van der Waals surface area contributed by atoms with E-state index >= 15 is 0 Å². The minimum Gasteiger partial charge on any atom is -0.318 e. The van der Waals surface area contributed by atoms with Crippen LogP contribution >= 0.6 is 11.6 Å². The molecular weight excluding hydrogens is 314 g/mol. The highest BCUT2D eigenvalue weighted by molar-refractivity contribution is 6.39. The van der Waals surface area contributed by atoms with Crippen molar-refractivity contribution in [3.8, 4) is 0 Å². The number of hydrogen-bond donors (Lipinski definition) is 2. The molecule has 6 heteroatoms. The van der Waals surface area contributed by atoms with Gasteiger partial charge in [-0.05, 0) is 54.8 Å². The smallest absolute Gasteiger partial charge is 0.318 e. The molecule has 5 nitrogen and oxygen atoms in total. The van der Waals surface area contributed by atoms with Gasteiger partial charge in [0.1, 0.15) is 0 Å². The third-order valence-corrected chi connectivity index (χ3v) is 3.43. The van der Waals surface area contributed by atoms with Crippen LogP contribution in [0.15, 0.2) is 47.6 Å². The highest BCUT2D eigenvalue weighted by Crippen LogP contribution is 2.14. The van der Waals surface area contributed by atoms with Crippen LogP contribution in [0.5, 0.6) is 0 Å². The maximum absolute atomic E-state index is 11.8. The lowest BCUT2D eigenvalue weighted by atomic mass is 10.1. The number of carbonyl (C=O) groups is 2. The van der Waals surface area contributed by atoms with Crippen LogP contribution in [0.4, 0.5) is 5.69 Å². The Hall–Kier alpha value is -2.66. The van der Waals surface area contributed by atoms with Crippen LogP contribution in [0, 0.1) is 13.8 Å². The fraction of sp³-hybridized carbons (Fsp3) is 0.118. The first kappa shape index (κ1) is 16.7. The van der Waals surface area contributed by atoms with Crippen molar-refractivity contribution in [3.63, 3.8) is 0 Å². The molecule has 0 aliphatic carbocycles. The Bertz CT molecular complexity index is 772. The Morgan fingerprint density at radius 1 is 1.04 bits per heavy atom. The van der Waals surface area contributed by atoms with Crippen molar-refractivity contribution in [1.29, 1.82) is 0 Å². The summed E-state index contributed by atoms with van der Waals surface area (Å²) in [5.41, 5.74) is 5.59. The first-order chi connectivity index (χ1) is 11.0. The summed E-state index contributed by atoms with van der Waals surface area (Å²) in [4.78, 5) is 23.5. The number of hydrazone groups is 1. The Balaban J connectivity index is 1.92. The van der Waals surface area contributed by atoms with Crippen LogP contribution in [-0.4, -0.2) is 18.0 Å². The molecule has 2 amide bonds. The van der Waals surface area contributed by atoms with E-state index in [2.05, 4.69) is 15.8 Å². The van der Waals surface area contributed by atoms with Crippen molar-refractivity contribution in [1.82, 2.24) is 5.43 Å². The number of nitrogens with zero attached hydrogens (tertiary/aromatic N) is 1. The number of halogens is 1. The molecular formula is C17H16ClN3O2. The Kier molecular flexibility index (Phi) is 5.49. The minimum atomic E-state index is -0.846. The predicted molar refractivity (Wildman–Crippen MR) is 91.7 cm³/mol. The normalized spacial score (nSPS) is 10.6. The second-order valence-corrected chi connectivity index (χ2v) is 5.44. The molecule has 0 radical (unpaired) electrons. The Morgan fingerprint density at radius 3 is 2.52 bits per heavy atom. The van der Waals surface area contributed by atoms with E-state index in [4.69, 9.17) is 11.6 Å². The van der Waals surface area contributed by atoms with Gasteiger partial charge in [-0.25, -0.2) is 5.43 Å². The van der Waals surface area contributed by atoms with E-state index in [1.807, 2.05) is 19.9 Å². The van der Waals surface area contributed by atoms with E-state index in [9.17, 15) is 9.59 Å².